The van der Waals surface area contributed by atoms with Crippen LogP contribution in [0, 0.1) is 27.7 Å². The second kappa shape index (κ2) is 7.44. The molecule has 1 N–H and O–H groups in total. The van der Waals surface area contributed by atoms with Crippen molar-refractivity contribution in [1.82, 2.24) is 9.78 Å². The van der Waals surface area contributed by atoms with Gasteiger partial charge in [-0.1, -0.05) is 23.8 Å². The van der Waals surface area contributed by atoms with Crippen molar-refractivity contribution in [3.05, 3.63) is 70.9 Å². The average molecular weight is 349 g/mol. The van der Waals surface area contributed by atoms with Gasteiger partial charge in [0.1, 0.15) is 11.6 Å². The number of nitrogens with zero attached hydrogens (tertiary/aromatic N) is 2. The van der Waals surface area contributed by atoms with Gasteiger partial charge in [0, 0.05) is 6.07 Å². The van der Waals surface area contributed by atoms with Crippen molar-refractivity contribution in [2.45, 2.75) is 27.7 Å². The lowest BCUT2D eigenvalue weighted by Gasteiger charge is -2.11. The number of hydrogen-bond donors (Lipinski definition) is 1. The third kappa shape index (κ3) is 4.30. The molecule has 0 saturated carbocycles. The smallest absolute Gasteiger partial charge is 0.263 e. The predicted octanol–water partition coefficient (Wildman–Crippen LogP) is 4.12. The maximum absolute atomic E-state index is 12.3. The van der Waals surface area contributed by atoms with E-state index in [2.05, 4.69) is 16.5 Å². The van der Waals surface area contributed by atoms with Crippen LogP contribution in [-0.4, -0.2) is 22.3 Å². The lowest BCUT2D eigenvalue weighted by Crippen LogP contribution is -2.21. The second-order valence-electron chi connectivity index (χ2n) is 6.58. The molecular formula is C21H23N3O2. The predicted molar refractivity (Wildman–Crippen MR) is 103 cm³/mol. The Labute approximate surface area is 153 Å². The molecular weight excluding hydrogens is 326 g/mol. The van der Waals surface area contributed by atoms with Crippen LogP contribution in [0.5, 0.6) is 5.75 Å². The van der Waals surface area contributed by atoms with E-state index in [-0.39, 0.29) is 12.5 Å². The minimum absolute atomic E-state index is 0.0554. The zero-order valence-electron chi connectivity index (χ0n) is 15.5. The van der Waals surface area contributed by atoms with Gasteiger partial charge >= 0.3 is 0 Å². The van der Waals surface area contributed by atoms with Gasteiger partial charge in [0.2, 0.25) is 0 Å². The first kappa shape index (κ1) is 17.7. The maximum Gasteiger partial charge on any atom is 0.263 e. The summed E-state index contributed by atoms with van der Waals surface area (Å²) in [5, 5.41) is 7.39. The highest BCUT2D eigenvalue weighted by Gasteiger charge is 2.12. The SMILES string of the molecule is Cc1ccc(OCC(=O)Nc2cc(C)nn2-c2cc(C)cc(C)c2)cc1. The van der Waals surface area contributed by atoms with Crippen LogP contribution in [0.15, 0.2) is 48.5 Å². The van der Waals surface area contributed by atoms with E-state index in [0.29, 0.717) is 11.6 Å². The Balaban J connectivity index is 1.73. The Hall–Kier alpha value is -3.08. The molecule has 3 aromatic rings. The molecule has 0 aliphatic heterocycles. The largest absolute Gasteiger partial charge is 0.484 e. The number of nitrogens with one attached hydrogen (secondary N) is 1. The number of aryl methyl sites for hydroxylation is 4. The van der Waals surface area contributed by atoms with E-state index < -0.39 is 0 Å². The number of ether oxygens (including phenoxy) is 1. The summed E-state index contributed by atoms with van der Waals surface area (Å²) in [6, 6.07) is 15.6. The number of benzene rings is 2. The molecule has 1 aromatic heterocycles. The van der Waals surface area contributed by atoms with E-state index in [0.717, 1.165) is 28.1 Å². The Kier molecular flexibility index (Phi) is 5.07. The van der Waals surface area contributed by atoms with E-state index in [1.165, 1.54) is 0 Å². The van der Waals surface area contributed by atoms with Gasteiger partial charge in [0.15, 0.2) is 6.61 Å². The van der Waals surface area contributed by atoms with Crippen LogP contribution in [0.25, 0.3) is 5.69 Å². The van der Waals surface area contributed by atoms with Gasteiger partial charge in [0.05, 0.1) is 11.4 Å². The number of aromatic nitrogens is 2. The topological polar surface area (TPSA) is 56.1 Å². The van der Waals surface area contributed by atoms with Gasteiger partial charge in [-0.05, 0) is 63.1 Å². The molecule has 0 unspecified atom stereocenters. The fourth-order valence-electron chi connectivity index (χ4n) is 2.82. The van der Waals surface area contributed by atoms with Crippen LogP contribution < -0.4 is 10.1 Å². The van der Waals surface area contributed by atoms with Crippen molar-refractivity contribution >= 4 is 11.7 Å². The van der Waals surface area contributed by atoms with Crippen LogP contribution in [0.3, 0.4) is 0 Å². The summed E-state index contributed by atoms with van der Waals surface area (Å²) in [6.45, 7) is 7.94. The fraction of sp³-hybridized carbons (Fsp3) is 0.238. The molecule has 134 valence electrons. The fourth-order valence-corrected chi connectivity index (χ4v) is 2.82. The van der Waals surface area contributed by atoms with Gasteiger partial charge in [-0.15, -0.1) is 0 Å². The van der Waals surface area contributed by atoms with Crippen molar-refractivity contribution in [1.29, 1.82) is 0 Å². The molecule has 0 fully saturated rings. The van der Waals surface area contributed by atoms with Gasteiger partial charge in [-0.25, -0.2) is 4.68 Å². The highest BCUT2D eigenvalue weighted by molar-refractivity contribution is 5.91. The van der Waals surface area contributed by atoms with E-state index in [1.807, 2.05) is 70.2 Å². The number of rotatable bonds is 5. The molecule has 1 amide bonds. The molecule has 0 radical (unpaired) electrons. The summed E-state index contributed by atoms with van der Waals surface area (Å²) in [4.78, 5) is 12.3. The van der Waals surface area contributed by atoms with Gasteiger partial charge in [-0.3, -0.25) is 4.79 Å². The normalized spacial score (nSPS) is 10.6. The van der Waals surface area contributed by atoms with E-state index in [4.69, 9.17) is 4.74 Å². The Morgan fingerprint density at radius 1 is 0.962 bits per heavy atom. The summed E-state index contributed by atoms with van der Waals surface area (Å²) >= 11 is 0. The van der Waals surface area contributed by atoms with Crippen molar-refractivity contribution in [2.24, 2.45) is 0 Å². The lowest BCUT2D eigenvalue weighted by molar-refractivity contribution is -0.118. The Bertz CT molecular complexity index is 907. The van der Waals surface area contributed by atoms with Crippen LogP contribution in [0.2, 0.25) is 0 Å². The Morgan fingerprint density at radius 3 is 2.27 bits per heavy atom. The summed E-state index contributed by atoms with van der Waals surface area (Å²) in [6.07, 6.45) is 0. The average Bonchev–Trinajstić information content (AvgIpc) is 2.94. The van der Waals surface area contributed by atoms with E-state index in [1.54, 1.807) is 4.68 Å². The minimum Gasteiger partial charge on any atom is -0.484 e. The van der Waals surface area contributed by atoms with Crippen molar-refractivity contribution in [2.75, 3.05) is 11.9 Å². The molecule has 0 saturated heterocycles. The zero-order valence-corrected chi connectivity index (χ0v) is 15.5. The minimum atomic E-state index is -0.226. The molecule has 5 nitrogen and oxygen atoms in total. The van der Waals surface area contributed by atoms with Crippen molar-refractivity contribution < 1.29 is 9.53 Å². The molecule has 3 rings (SSSR count). The number of hydrogen-bond acceptors (Lipinski definition) is 3. The van der Waals surface area contributed by atoms with Crippen LogP contribution in [0.1, 0.15) is 22.4 Å². The van der Waals surface area contributed by atoms with Gasteiger partial charge < -0.3 is 10.1 Å². The van der Waals surface area contributed by atoms with Crippen LogP contribution >= 0.6 is 0 Å². The summed E-state index contributed by atoms with van der Waals surface area (Å²) in [5.74, 6) is 1.07. The highest BCUT2D eigenvalue weighted by atomic mass is 16.5. The van der Waals surface area contributed by atoms with Gasteiger partial charge in [-0.2, -0.15) is 5.10 Å². The summed E-state index contributed by atoms with van der Waals surface area (Å²) in [5.41, 5.74) is 5.19. The molecule has 0 atom stereocenters. The summed E-state index contributed by atoms with van der Waals surface area (Å²) < 4.78 is 7.29. The molecule has 26 heavy (non-hydrogen) atoms. The molecule has 0 bridgehead atoms. The third-order valence-electron chi connectivity index (χ3n) is 3.94. The summed E-state index contributed by atoms with van der Waals surface area (Å²) in [7, 11) is 0. The number of carbonyl (C=O) groups excluding carboxylic acids is 1. The second-order valence-corrected chi connectivity index (χ2v) is 6.58. The highest BCUT2D eigenvalue weighted by Crippen LogP contribution is 2.20. The van der Waals surface area contributed by atoms with Gasteiger partial charge in [0.25, 0.3) is 5.91 Å². The van der Waals surface area contributed by atoms with E-state index >= 15 is 0 Å². The van der Waals surface area contributed by atoms with E-state index in [9.17, 15) is 4.79 Å². The first-order valence-electron chi connectivity index (χ1n) is 8.55. The number of amides is 1. The Morgan fingerprint density at radius 2 is 1.62 bits per heavy atom. The molecule has 0 spiro atoms. The first-order valence-corrected chi connectivity index (χ1v) is 8.55. The number of anilines is 1. The number of carbonyl (C=O) groups is 1. The quantitative estimate of drug-likeness (QED) is 0.754. The third-order valence-corrected chi connectivity index (χ3v) is 3.94. The van der Waals surface area contributed by atoms with Crippen LogP contribution in [0.4, 0.5) is 5.82 Å². The van der Waals surface area contributed by atoms with Crippen molar-refractivity contribution in [3.63, 3.8) is 0 Å². The molecule has 1 heterocycles. The molecule has 0 aliphatic rings. The first-order chi connectivity index (χ1) is 12.4. The van der Waals surface area contributed by atoms with Crippen LogP contribution in [-0.2, 0) is 4.79 Å². The maximum atomic E-state index is 12.3. The molecule has 2 aromatic carbocycles. The molecule has 5 heteroatoms. The monoisotopic (exact) mass is 349 g/mol. The zero-order chi connectivity index (χ0) is 18.7. The lowest BCUT2D eigenvalue weighted by atomic mass is 10.1. The van der Waals surface area contributed by atoms with Crippen molar-refractivity contribution in [3.8, 4) is 11.4 Å². The molecule has 0 aliphatic carbocycles. The standard InChI is InChI=1S/C21H23N3O2/c1-14-5-7-19(8-6-14)26-13-21(25)22-20-12-17(4)23-24(20)18-10-15(2)9-16(3)11-18/h5-12H,13H2,1-4H3,(H,22,25).